The molecule has 0 bridgehead atoms. The van der Waals surface area contributed by atoms with E-state index in [4.69, 9.17) is 66.3 Å². The summed E-state index contributed by atoms with van der Waals surface area (Å²) in [6, 6.07) is 15.0. The molecule has 6 atom stereocenters. The molecule has 22 heteroatoms. The summed E-state index contributed by atoms with van der Waals surface area (Å²) in [7, 11) is 19.9. The molecule has 6 rings (SSSR count). The summed E-state index contributed by atoms with van der Waals surface area (Å²) < 4.78 is 80.8. The van der Waals surface area contributed by atoms with E-state index in [1.54, 1.807) is 71.1 Å². The molecule has 0 aromatic heterocycles. The van der Waals surface area contributed by atoms with Gasteiger partial charge in [-0.1, -0.05) is 6.07 Å². The fourth-order valence-corrected chi connectivity index (χ4v) is 11.3. The van der Waals surface area contributed by atoms with Crippen LogP contribution in [0.25, 0.3) is 0 Å². The number of carbonyl (C=O) groups is 4. The molecule has 2 heterocycles. The SMILES string of the molecule is COc1cc2c(cc1OC)C(Cc1cc(OC)c(OC)c(OC)c1)[N+](C)(CC(OC(C)=O)C(=O)OCCCCCCOC(=O)C(C[N+]1(C)CCc3cc(OC)c(OC)cc3C1Cc1ccc(OC)c(OC)c1OC)OC(C)=O)CC2.[I-].[I-]. The number of benzene rings is 4. The third-order valence-corrected chi connectivity index (χ3v) is 15.5. The number of halogens is 2. The average molecular weight is 1370 g/mol. The largest absolute Gasteiger partial charge is 1.00 e. The summed E-state index contributed by atoms with van der Waals surface area (Å²) in [6.45, 7) is 4.15. The van der Waals surface area contributed by atoms with Crippen molar-refractivity contribution in [2.24, 2.45) is 0 Å². The molecule has 0 saturated carbocycles. The van der Waals surface area contributed by atoms with Gasteiger partial charge in [0.2, 0.25) is 23.7 Å². The number of carbonyl (C=O) groups excluding carboxylic acids is 4. The predicted octanol–water partition coefficient (Wildman–Crippen LogP) is 1.56. The highest BCUT2D eigenvalue weighted by Gasteiger charge is 2.46. The Hall–Kier alpha value is -5.86. The van der Waals surface area contributed by atoms with Crippen molar-refractivity contribution in [1.82, 2.24) is 0 Å². The van der Waals surface area contributed by atoms with Crippen molar-refractivity contribution < 1.29 is 142 Å². The van der Waals surface area contributed by atoms with E-state index in [1.807, 2.05) is 62.6 Å². The van der Waals surface area contributed by atoms with Gasteiger partial charge in [-0.05, 0) is 84.8 Å². The fourth-order valence-electron chi connectivity index (χ4n) is 11.3. The Bertz CT molecular complexity index is 2790. The zero-order valence-electron chi connectivity index (χ0n) is 49.8. The van der Waals surface area contributed by atoms with Crippen molar-refractivity contribution in [1.29, 1.82) is 0 Å². The van der Waals surface area contributed by atoms with Crippen molar-refractivity contribution in [3.05, 3.63) is 81.9 Å². The van der Waals surface area contributed by atoms with Gasteiger partial charge in [0.05, 0.1) is 111 Å². The first kappa shape index (κ1) is 68.6. The maximum absolute atomic E-state index is 13.9. The molecule has 6 unspecified atom stereocenters. The number of unbranched alkanes of at least 4 members (excludes halogenated alkanes) is 3. The first-order valence-corrected chi connectivity index (χ1v) is 26.8. The Labute approximate surface area is 516 Å². The average Bonchev–Trinajstić information content (AvgIpc) is 3.28. The zero-order chi connectivity index (χ0) is 58.3. The van der Waals surface area contributed by atoms with Crippen molar-refractivity contribution in [2.45, 2.75) is 89.5 Å². The summed E-state index contributed by atoms with van der Waals surface area (Å²) in [6.07, 6.45) is 2.12. The highest BCUT2D eigenvalue weighted by Crippen LogP contribution is 2.48. The molecule has 4 aromatic carbocycles. The van der Waals surface area contributed by atoms with Crippen LogP contribution in [-0.4, -0.2) is 170 Å². The van der Waals surface area contributed by atoms with Gasteiger partial charge in [-0.3, -0.25) is 9.59 Å². The van der Waals surface area contributed by atoms with Crippen molar-refractivity contribution in [2.75, 3.05) is 125 Å². The normalized spacial score (nSPS) is 18.4. The minimum atomic E-state index is -1.21. The monoisotopic (exact) mass is 1370 g/mol. The van der Waals surface area contributed by atoms with E-state index in [1.165, 1.54) is 13.8 Å². The second-order valence-corrected chi connectivity index (χ2v) is 20.5. The zero-order valence-corrected chi connectivity index (χ0v) is 54.1. The molecule has 82 heavy (non-hydrogen) atoms. The van der Waals surface area contributed by atoms with E-state index in [-0.39, 0.29) is 86.3 Å². The Kier molecular flexibility index (Phi) is 26.5. The van der Waals surface area contributed by atoms with Gasteiger partial charge in [0, 0.05) is 56.2 Å². The minimum Gasteiger partial charge on any atom is -1.00 e. The van der Waals surface area contributed by atoms with Crippen LogP contribution < -0.4 is 95.3 Å². The second-order valence-electron chi connectivity index (χ2n) is 20.5. The first-order valence-electron chi connectivity index (χ1n) is 26.8. The summed E-state index contributed by atoms with van der Waals surface area (Å²) in [5.41, 5.74) is 5.86. The lowest BCUT2D eigenvalue weighted by molar-refractivity contribution is -0.943. The Morgan fingerprint density at radius 2 is 0.854 bits per heavy atom. The van der Waals surface area contributed by atoms with E-state index in [0.29, 0.717) is 131 Å². The number of hydrogen-bond acceptors (Lipinski definition) is 18. The maximum Gasteiger partial charge on any atom is 0.353 e. The molecule has 0 spiro atoms. The van der Waals surface area contributed by atoms with Crippen LogP contribution in [0.5, 0.6) is 57.5 Å². The standard InChI is InChI=1S/C60H82N2O18.2HI/c1-37(63)79-54(35-61(3)23-21-40-31-48(68-6)50(70-8)33-43(40)45(61)27-39-28-52(72-10)57(75-13)53(29-39)73-11)59(65)77-25-17-15-16-18-26-78-60(66)55(80-38(2)64)36-62(4)24-22-41-32-49(69-7)51(71-9)34-44(41)46(62)30-42-19-20-47(67-5)58(76-14)56(42)74-12;;/h19-20,28-29,31-34,45-46,54-55H,15-18,21-27,30,35-36H2,1-14H3;2*1H/q+2;;/p-2. The number of quaternary nitrogens is 2. The van der Waals surface area contributed by atoms with Gasteiger partial charge in [0.15, 0.2) is 46.0 Å². The molecule has 20 nitrogen and oxygen atoms in total. The molecule has 0 saturated heterocycles. The number of esters is 4. The summed E-state index contributed by atoms with van der Waals surface area (Å²) >= 11 is 0. The molecule has 0 amide bonds. The Morgan fingerprint density at radius 1 is 0.463 bits per heavy atom. The van der Waals surface area contributed by atoms with E-state index in [9.17, 15) is 19.2 Å². The lowest BCUT2D eigenvalue weighted by Crippen LogP contribution is -3.00. The van der Waals surface area contributed by atoms with Crippen molar-refractivity contribution in [3.63, 3.8) is 0 Å². The molecule has 2 aliphatic heterocycles. The number of ether oxygens (including phenoxy) is 14. The van der Waals surface area contributed by atoms with Gasteiger partial charge in [-0.2, -0.15) is 0 Å². The smallest absolute Gasteiger partial charge is 0.353 e. The molecule has 2 aliphatic rings. The van der Waals surface area contributed by atoms with Gasteiger partial charge in [-0.25, -0.2) is 9.59 Å². The molecular weight excluding hydrogens is 1290 g/mol. The van der Waals surface area contributed by atoms with Crippen LogP contribution in [0.3, 0.4) is 0 Å². The predicted molar refractivity (Wildman–Crippen MR) is 295 cm³/mol. The van der Waals surface area contributed by atoms with Crippen LogP contribution in [0.15, 0.2) is 48.5 Å². The third kappa shape index (κ3) is 16.3. The molecule has 0 aliphatic carbocycles. The number of nitrogens with zero attached hydrogens (tertiary/aromatic N) is 2. The summed E-state index contributed by atoms with van der Waals surface area (Å²) in [4.78, 5) is 53.1. The molecule has 0 fully saturated rings. The van der Waals surface area contributed by atoms with Crippen LogP contribution in [-0.2, 0) is 63.8 Å². The molecule has 454 valence electrons. The second kappa shape index (κ2) is 31.7. The quantitative estimate of drug-likeness (QED) is 0.0250. The van der Waals surface area contributed by atoms with E-state index < -0.39 is 36.1 Å². The number of fused-ring (bicyclic) bond motifs is 2. The Balaban J connectivity index is 0.00000722. The van der Waals surface area contributed by atoms with Gasteiger partial charge in [-0.15, -0.1) is 0 Å². The number of likely N-dealkylation sites (N-methyl/N-ethyl adjacent to an activating group) is 2. The fraction of sp³-hybridized carbons (Fsp3) is 0.533. The summed E-state index contributed by atoms with van der Waals surface area (Å²) in [5, 5.41) is 0. The lowest BCUT2D eigenvalue weighted by atomic mass is 9.85. The van der Waals surface area contributed by atoms with Crippen molar-refractivity contribution >= 4 is 23.9 Å². The van der Waals surface area contributed by atoms with E-state index in [0.717, 1.165) is 33.4 Å². The Morgan fingerprint density at radius 3 is 1.23 bits per heavy atom. The van der Waals surface area contributed by atoms with E-state index >= 15 is 0 Å². The lowest BCUT2D eigenvalue weighted by Gasteiger charge is -2.47. The van der Waals surface area contributed by atoms with Gasteiger partial charge < -0.3 is 123 Å². The van der Waals surface area contributed by atoms with Crippen LogP contribution >= 0.6 is 0 Å². The first-order chi connectivity index (χ1) is 38.4. The van der Waals surface area contributed by atoms with Crippen LogP contribution in [0.2, 0.25) is 0 Å². The molecule has 0 radical (unpaired) electrons. The van der Waals surface area contributed by atoms with Crippen molar-refractivity contribution in [3.8, 4) is 57.5 Å². The van der Waals surface area contributed by atoms with Gasteiger partial charge in [0.25, 0.3) is 0 Å². The van der Waals surface area contributed by atoms with Crippen LogP contribution in [0.1, 0.15) is 85.0 Å². The number of rotatable bonds is 29. The third-order valence-electron chi connectivity index (χ3n) is 15.5. The molecule has 4 aromatic rings. The van der Waals surface area contributed by atoms with Gasteiger partial charge >= 0.3 is 23.9 Å². The highest BCUT2D eigenvalue weighted by atomic mass is 127. The highest BCUT2D eigenvalue weighted by molar-refractivity contribution is 5.79. The number of methoxy groups -OCH3 is 10. The van der Waals surface area contributed by atoms with Crippen LogP contribution in [0, 0.1) is 0 Å². The topological polar surface area (TPSA) is 197 Å². The number of hydrogen-bond donors (Lipinski definition) is 0. The minimum absolute atomic E-state index is 0. The summed E-state index contributed by atoms with van der Waals surface area (Å²) in [5.74, 6) is 2.79. The van der Waals surface area contributed by atoms with Gasteiger partial charge in [0.1, 0.15) is 25.2 Å². The maximum atomic E-state index is 13.9. The molecule has 0 N–H and O–H groups in total. The van der Waals surface area contributed by atoms with E-state index in [2.05, 4.69) is 0 Å². The molecular formula is C60H82I2N2O18. The van der Waals surface area contributed by atoms with Crippen LogP contribution in [0.4, 0.5) is 0 Å².